The first-order valence-corrected chi connectivity index (χ1v) is 9.90. The summed E-state index contributed by atoms with van der Waals surface area (Å²) >= 11 is 0. The molecule has 0 aliphatic heterocycles. The van der Waals surface area contributed by atoms with Crippen LogP contribution in [-0.4, -0.2) is 37.9 Å². The lowest BCUT2D eigenvalue weighted by Gasteiger charge is -2.20. The monoisotopic (exact) mass is 405 g/mol. The van der Waals surface area contributed by atoms with Gasteiger partial charge in [-0.25, -0.2) is 0 Å². The molecule has 0 unspecified atom stereocenters. The maximum atomic E-state index is 12.6. The molecule has 0 aliphatic rings. The van der Waals surface area contributed by atoms with Crippen molar-refractivity contribution in [3.8, 4) is 11.5 Å². The van der Waals surface area contributed by atoms with E-state index in [0.29, 0.717) is 23.6 Å². The Morgan fingerprint density at radius 3 is 2.23 bits per heavy atom. The van der Waals surface area contributed by atoms with E-state index in [9.17, 15) is 9.59 Å². The van der Waals surface area contributed by atoms with Gasteiger partial charge in [0.1, 0.15) is 0 Å². The van der Waals surface area contributed by atoms with Crippen LogP contribution in [0.1, 0.15) is 34.3 Å². The lowest BCUT2D eigenvalue weighted by Crippen LogP contribution is -2.27. The van der Waals surface area contributed by atoms with Gasteiger partial charge < -0.3 is 14.4 Å². The van der Waals surface area contributed by atoms with Crippen molar-refractivity contribution in [1.82, 2.24) is 4.90 Å². The molecule has 0 fully saturated rings. The number of nitrogens with zero attached hydrogens (tertiary/aromatic N) is 1. The zero-order valence-electron chi connectivity index (χ0n) is 17.9. The van der Waals surface area contributed by atoms with Gasteiger partial charge in [-0.1, -0.05) is 36.4 Å². The highest BCUT2D eigenvalue weighted by Gasteiger charge is 2.16. The maximum absolute atomic E-state index is 12.6. The minimum Gasteiger partial charge on any atom is -0.493 e. The second kappa shape index (κ2) is 9.44. The molecule has 0 N–H and O–H groups in total. The molecule has 3 aromatic rings. The van der Waals surface area contributed by atoms with Crippen molar-refractivity contribution < 1.29 is 19.1 Å². The third-order valence-electron chi connectivity index (χ3n) is 5.31. The molecule has 5 heteroatoms. The predicted octanol–water partition coefficient (Wildman–Crippen LogP) is 4.79. The summed E-state index contributed by atoms with van der Waals surface area (Å²) in [6, 6.07) is 17.4. The van der Waals surface area contributed by atoms with Gasteiger partial charge in [0.05, 0.1) is 14.2 Å². The van der Waals surface area contributed by atoms with Gasteiger partial charge in [-0.15, -0.1) is 0 Å². The molecule has 1 amide bonds. The Balaban J connectivity index is 1.62. The number of hydrogen-bond acceptors (Lipinski definition) is 4. The number of benzene rings is 3. The summed E-state index contributed by atoms with van der Waals surface area (Å²) in [5.74, 6) is 1.20. The average Bonchev–Trinajstić information content (AvgIpc) is 2.77. The van der Waals surface area contributed by atoms with Crippen LogP contribution >= 0.6 is 0 Å². The van der Waals surface area contributed by atoms with Crippen LogP contribution in [0.2, 0.25) is 0 Å². The van der Waals surface area contributed by atoms with Crippen LogP contribution in [-0.2, 0) is 11.3 Å². The van der Waals surface area contributed by atoms with E-state index in [1.165, 1.54) is 0 Å². The number of ether oxygens (including phenoxy) is 2. The second-order valence-corrected chi connectivity index (χ2v) is 7.37. The summed E-state index contributed by atoms with van der Waals surface area (Å²) in [5.41, 5.74) is 2.63. The highest BCUT2D eigenvalue weighted by Crippen LogP contribution is 2.30. The molecule has 156 valence electrons. The highest BCUT2D eigenvalue weighted by atomic mass is 16.5. The number of rotatable bonds is 8. The summed E-state index contributed by atoms with van der Waals surface area (Å²) < 4.78 is 10.7. The predicted molar refractivity (Wildman–Crippen MR) is 118 cm³/mol. The first-order chi connectivity index (χ1) is 14.4. The van der Waals surface area contributed by atoms with Gasteiger partial charge in [0.25, 0.3) is 0 Å². The van der Waals surface area contributed by atoms with Crippen molar-refractivity contribution in [1.29, 1.82) is 0 Å². The fraction of sp³-hybridized carbons (Fsp3) is 0.280. The van der Waals surface area contributed by atoms with Gasteiger partial charge >= 0.3 is 0 Å². The Kier molecular flexibility index (Phi) is 6.72. The number of fused-ring (bicyclic) bond motifs is 1. The number of Topliss-reactive ketones (excluding diaryl/α,β-unsaturated/α-hetero) is 1. The smallest absolute Gasteiger partial charge is 0.223 e. The standard InChI is InChI=1S/C25H27NO4/c1-17-13-23(29-3)24(30-4)15-21(17)16-26(2)25(28)12-11-22(27)20-10-9-18-7-5-6-8-19(18)14-20/h5-10,13-15H,11-12,16H2,1-4H3. The zero-order valence-corrected chi connectivity index (χ0v) is 17.9. The van der Waals surface area contributed by atoms with Gasteiger partial charge in [-0.05, 0) is 47.0 Å². The van der Waals surface area contributed by atoms with Crippen LogP contribution in [0.3, 0.4) is 0 Å². The molecule has 0 aliphatic carbocycles. The van der Waals surface area contributed by atoms with E-state index in [2.05, 4.69) is 0 Å². The average molecular weight is 405 g/mol. The normalized spacial score (nSPS) is 10.7. The molecule has 3 rings (SSSR count). The first kappa shape index (κ1) is 21.4. The molecule has 0 bridgehead atoms. The number of ketones is 1. The molecule has 0 saturated carbocycles. The number of hydrogen-bond donors (Lipinski definition) is 0. The van der Waals surface area contributed by atoms with E-state index in [0.717, 1.165) is 21.9 Å². The molecule has 0 heterocycles. The molecular formula is C25H27NO4. The third kappa shape index (κ3) is 4.79. The van der Waals surface area contributed by atoms with Crippen molar-refractivity contribution in [2.45, 2.75) is 26.3 Å². The number of amides is 1. The van der Waals surface area contributed by atoms with E-state index < -0.39 is 0 Å². The molecule has 0 spiro atoms. The van der Waals surface area contributed by atoms with Gasteiger partial charge in [-0.3, -0.25) is 9.59 Å². The van der Waals surface area contributed by atoms with E-state index in [4.69, 9.17) is 9.47 Å². The SMILES string of the molecule is COc1cc(C)c(CN(C)C(=O)CCC(=O)c2ccc3ccccc3c2)cc1OC. The number of carbonyl (C=O) groups excluding carboxylic acids is 2. The quantitative estimate of drug-likeness (QED) is 0.506. The molecular weight excluding hydrogens is 378 g/mol. The number of carbonyl (C=O) groups is 2. The van der Waals surface area contributed by atoms with Crippen molar-refractivity contribution in [2.24, 2.45) is 0 Å². The van der Waals surface area contributed by atoms with E-state index in [1.54, 1.807) is 26.2 Å². The minimum absolute atomic E-state index is 0.0233. The molecule has 0 atom stereocenters. The number of methoxy groups -OCH3 is 2. The van der Waals surface area contributed by atoms with Crippen molar-refractivity contribution >= 4 is 22.5 Å². The fourth-order valence-corrected chi connectivity index (χ4v) is 3.46. The van der Waals surface area contributed by atoms with Gasteiger partial charge in [0.15, 0.2) is 17.3 Å². The molecule has 3 aromatic carbocycles. The lowest BCUT2D eigenvalue weighted by atomic mass is 10.0. The van der Waals surface area contributed by atoms with E-state index >= 15 is 0 Å². The Morgan fingerprint density at radius 2 is 1.53 bits per heavy atom. The Morgan fingerprint density at radius 1 is 0.867 bits per heavy atom. The summed E-state index contributed by atoms with van der Waals surface area (Å²) in [7, 11) is 4.93. The van der Waals surface area contributed by atoms with Crippen LogP contribution in [0.5, 0.6) is 11.5 Å². The minimum atomic E-state index is -0.0710. The van der Waals surface area contributed by atoms with Crippen molar-refractivity contribution in [2.75, 3.05) is 21.3 Å². The summed E-state index contributed by atoms with van der Waals surface area (Å²) in [4.78, 5) is 26.8. The van der Waals surface area contributed by atoms with Crippen molar-refractivity contribution in [3.05, 3.63) is 71.3 Å². The number of aryl methyl sites for hydroxylation is 1. The van der Waals surface area contributed by atoms with Crippen LogP contribution in [0, 0.1) is 6.92 Å². The fourth-order valence-electron chi connectivity index (χ4n) is 3.46. The maximum Gasteiger partial charge on any atom is 0.223 e. The van der Waals surface area contributed by atoms with Gasteiger partial charge in [0, 0.05) is 32.0 Å². The van der Waals surface area contributed by atoms with Gasteiger partial charge in [-0.2, -0.15) is 0 Å². The Labute approximate surface area is 177 Å². The summed E-state index contributed by atoms with van der Waals surface area (Å²) in [5, 5.41) is 2.12. The largest absolute Gasteiger partial charge is 0.493 e. The summed E-state index contributed by atoms with van der Waals surface area (Å²) in [6.07, 6.45) is 0.362. The molecule has 30 heavy (non-hydrogen) atoms. The molecule has 0 aromatic heterocycles. The summed E-state index contributed by atoms with van der Waals surface area (Å²) in [6.45, 7) is 2.41. The molecule has 0 radical (unpaired) electrons. The van der Waals surface area contributed by atoms with Crippen LogP contribution in [0.15, 0.2) is 54.6 Å². The third-order valence-corrected chi connectivity index (χ3v) is 5.31. The Bertz CT molecular complexity index is 1070. The van der Waals surface area contributed by atoms with E-state index in [-0.39, 0.29) is 24.5 Å². The molecule has 5 nitrogen and oxygen atoms in total. The van der Waals surface area contributed by atoms with Crippen LogP contribution in [0.25, 0.3) is 10.8 Å². The lowest BCUT2D eigenvalue weighted by molar-refractivity contribution is -0.130. The van der Waals surface area contributed by atoms with E-state index in [1.807, 2.05) is 61.5 Å². The first-order valence-electron chi connectivity index (χ1n) is 9.90. The van der Waals surface area contributed by atoms with Crippen LogP contribution in [0.4, 0.5) is 0 Å². The molecule has 0 saturated heterocycles. The van der Waals surface area contributed by atoms with Gasteiger partial charge in [0.2, 0.25) is 5.91 Å². The van der Waals surface area contributed by atoms with Crippen molar-refractivity contribution in [3.63, 3.8) is 0 Å². The highest BCUT2D eigenvalue weighted by molar-refractivity contribution is 6.01. The van der Waals surface area contributed by atoms with Crippen LogP contribution < -0.4 is 9.47 Å². The topological polar surface area (TPSA) is 55.8 Å². The Hall–Kier alpha value is -3.34. The second-order valence-electron chi connectivity index (χ2n) is 7.37. The zero-order chi connectivity index (χ0) is 21.7.